The molecule has 8 nitrogen and oxygen atoms in total. The largest absolute Gasteiger partial charge is 0.381 e. The molecule has 0 saturated carbocycles. The van der Waals surface area contributed by atoms with E-state index in [0.717, 1.165) is 18.4 Å². The predicted octanol–water partition coefficient (Wildman–Crippen LogP) is 3.24. The van der Waals surface area contributed by atoms with Crippen LogP contribution in [0.15, 0.2) is 36.8 Å². The number of ether oxygens (including phenoxy) is 1. The third kappa shape index (κ3) is 5.03. The molecule has 3 aromatic rings. The highest BCUT2D eigenvalue weighted by Gasteiger charge is 2.30. The molecule has 1 fully saturated rings. The summed E-state index contributed by atoms with van der Waals surface area (Å²) in [6.45, 7) is 1.14. The number of halogens is 2. The van der Waals surface area contributed by atoms with Crippen molar-refractivity contribution < 1.29 is 14.3 Å². The molecule has 168 valence electrons. The lowest BCUT2D eigenvalue weighted by molar-refractivity contribution is -0.135. The second-order valence-electron chi connectivity index (χ2n) is 7.73. The number of carbonyl (C=O) groups is 2. The van der Waals surface area contributed by atoms with Gasteiger partial charge in [-0.1, -0.05) is 23.2 Å². The maximum Gasteiger partial charge on any atom is 0.268 e. The number of piperidine rings is 1. The Labute approximate surface area is 195 Å². The van der Waals surface area contributed by atoms with Crippen molar-refractivity contribution in [3.05, 3.63) is 58.1 Å². The van der Waals surface area contributed by atoms with Gasteiger partial charge in [0, 0.05) is 50.6 Å². The molecule has 0 bridgehead atoms. The average Bonchev–Trinajstić information content (AvgIpc) is 3.23. The second-order valence-corrected chi connectivity index (χ2v) is 8.58. The van der Waals surface area contributed by atoms with E-state index < -0.39 is 11.9 Å². The van der Waals surface area contributed by atoms with Crippen LogP contribution in [0.5, 0.6) is 0 Å². The quantitative estimate of drug-likeness (QED) is 0.569. The molecule has 1 aliphatic heterocycles. The minimum atomic E-state index is -0.788. The number of rotatable bonds is 6. The first kappa shape index (κ1) is 22.5. The van der Waals surface area contributed by atoms with Gasteiger partial charge in [0.05, 0.1) is 16.1 Å². The van der Waals surface area contributed by atoms with E-state index in [-0.39, 0.29) is 18.4 Å². The Hall–Kier alpha value is -2.68. The number of carbonyl (C=O) groups excluding carboxylic acids is 2. The van der Waals surface area contributed by atoms with Crippen LogP contribution >= 0.6 is 23.2 Å². The van der Waals surface area contributed by atoms with E-state index in [2.05, 4.69) is 20.3 Å². The fraction of sp³-hybridized carbons (Fsp3) is 0.364. The normalized spacial score (nSPS) is 15.7. The van der Waals surface area contributed by atoms with E-state index in [1.54, 1.807) is 36.4 Å². The minimum absolute atomic E-state index is 0.146. The van der Waals surface area contributed by atoms with Crippen LogP contribution in [-0.2, 0) is 16.0 Å². The Kier molecular flexibility index (Phi) is 6.93. The summed E-state index contributed by atoms with van der Waals surface area (Å²) < 4.78 is 5.40. The zero-order valence-corrected chi connectivity index (χ0v) is 19.0. The second kappa shape index (κ2) is 9.85. The molecule has 0 spiro atoms. The van der Waals surface area contributed by atoms with Crippen LogP contribution in [0, 0.1) is 0 Å². The van der Waals surface area contributed by atoms with Crippen molar-refractivity contribution in [1.29, 1.82) is 0 Å². The van der Waals surface area contributed by atoms with Crippen molar-refractivity contribution in [3.8, 4) is 0 Å². The number of pyridine rings is 2. The smallest absolute Gasteiger partial charge is 0.268 e. The van der Waals surface area contributed by atoms with E-state index in [0.29, 0.717) is 39.9 Å². The highest BCUT2D eigenvalue weighted by Crippen LogP contribution is 2.20. The SMILES string of the molecule is COC1CCN(C(=O)C(Cc2ccncc2Cl)NC(=O)c2cc3cc(Cl)cnc3[nH]2)CC1. The first-order valence-electron chi connectivity index (χ1n) is 10.3. The number of hydrogen-bond donors (Lipinski definition) is 2. The molecule has 2 amide bonds. The molecule has 0 radical (unpaired) electrons. The number of likely N-dealkylation sites (tertiary alicyclic amines) is 1. The molecule has 1 unspecified atom stereocenters. The van der Waals surface area contributed by atoms with Crippen LogP contribution < -0.4 is 5.32 Å². The lowest BCUT2D eigenvalue weighted by Gasteiger charge is -2.34. The van der Waals surface area contributed by atoms with E-state index in [4.69, 9.17) is 27.9 Å². The third-order valence-corrected chi connectivity index (χ3v) is 6.20. The summed E-state index contributed by atoms with van der Waals surface area (Å²) in [7, 11) is 1.68. The van der Waals surface area contributed by atoms with Gasteiger partial charge >= 0.3 is 0 Å². The van der Waals surface area contributed by atoms with Gasteiger partial charge in [-0.05, 0) is 36.6 Å². The van der Waals surface area contributed by atoms with Gasteiger partial charge in [0.1, 0.15) is 17.4 Å². The van der Waals surface area contributed by atoms with Gasteiger partial charge in [0.25, 0.3) is 5.91 Å². The number of H-pyrrole nitrogens is 1. The molecular weight excluding hydrogens is 453 g/mol. The molecule has 0 aromatic carbocycles. The molecular formula is C22H23Cl2N5O3. The lowest BCUT2D eigenvalue weighted by atomic mass is 10.0. The van der Waals surface area contributed by atoms with Crippen LogP contribution in [0.2, 0.25) is 10.0 Å². The molecule has 4 rings (SSSR count). The Bertz CT molecular complexity index is 1130. The monoisotopic (exact) mass is 475 g/mol. The standard InChI is InChI=1S/C22H23Cl2N5O3/c1-32-16-3-6-29(7-4-16)22(31)19(9-13-2-5-25-12-17(13)24)28-21(30)18-10-14-8-15(23)11-26-20(14)27-18/h2,5,8,10-12,16,19H,3-4,6-7,9H2,1H3,(H,26,27)(H,28,30). The van der Waals surface area contributed by atoms with Crippen molar-refractivity contribution in [2.24, 2.45) is 0 Å². The number of nitrogens with one attached hydrogen (secondary N) is 2. The van der Waals surface area contributed by atoms with Crippen molar-refractivity contribution in [1.82, 2.24) is 25.2 Å². The molecule has 10 heteroatoms. The van der Waals surface area contributed by atoms with Crippen molar-refractivity contribution in [3.63, 3.8) is 0 Å². The summed E-state index contributed by atoms with van der Waals surface area (Å²) >= 11 is 12.3. The number of aromatic amines is 1. The van der Waals surface area contributed by atoms with Crippen molar-refractivity contribution in [2.75, 3.05) is 20.2 Å². The van der Waals surface area contributed by atoms with Crippen LogP contribution in [0.25, 0.3) is 11.0 Å². The maximum atomic E-state index is 13.4. The summed E-state index contributed by atoms with van der Waals surface area (Å²) in [5.41, 5.74) is 1.57. The average molecular weight is 476 g/mol. The van der Waals surface area contributed by atoms with Gasteiger partial charge in [0.15, 0.2) is 0 Å². The fourth-order valence-corrected chi connectivity index (χ4v) is 4.23. The molecule has 2 N–H and O–H groups in total. The zero-order chi connectivity index (χ0) is 22.7. The van der Waals surface area contributed by atoms with E-state index in [1.165, 1.54) is 12.4 Å². The van der Waals surface area contributed by atoms with Gasteiger partial charge in [0.2, 0.25) is 5.91 Å². The molecule has 0 aliphatic carbocycles. The summed E-state index contributed by atoms with van der Waals surface area (Å²) in [5.74, 6) is -0.563. The van der Waals surface area contributed by atoms with Crippen LogP contribution in [0.1, 0.15) is 28.9 Å². The summed E-state index contributed by atoms with van der Waals surface area (Å²) in [4.78, 5) is 39.3. The van der Waals surface area contributed by atoms with Crippen molar-refractivity contribution >= 4 is 46.0 Å². The molecule has 4 heterocycles. The molecule has 1 atom stereocenters. The fourth-order valence-electron chi connectivity index (χ4n) is 3.87. The summed E-state index contributed by atoms with van der Waals surface area (Å²) in [6, 6.07) is 4.34. The molecule has 3 aromatic heterocycles. The first-order chi connectivity index (χ1) is 15.4. The Balaban J connectivity index is 1.55. The highest BCUT2D eigenvalue weighted by atomic mass is 35.5. The number of methoxy groups -OCH3 is 1. The van der Waals surface area contributed by atoms with E-state index >= 15 is 0 Å². The lowest BCUT2D eigenvalue weighted by Crippen LogP contribution is -2.52. The minimum Gasteiger partial charge on any atom is -0.381 e. The Morgan fingerprint density at radius 3 is 2.78 bits per heavy atom. The maximum absolute atomic E-state index is 13.4. The Morgan fingerprint density at radius 1 is 1.28 bits per heavy atom. The number of fused-ring (bicyclic) bond motifs is 1. The molecule has 32 heavy (non-hydrogen) atoms. The van der Waals surface area contributed by atoms with Gasteiger partial charge in [-0.3, -0.25) is 14.6 Å². The number of amides is 2. The van der Waals surface area contributed by atoms with Crippen molar-refractivity contribution in [2.45, 2.75) is 31.4 Å². The topological polar surface area (TPSA) is 100 Å². The van der Waals surface area contributed by atoms with E-state index in [1.807, 2.05) is 0 Å². The van der Waals surface area contributed by atoms with Crippen LogP contribution in [0.3, 0.4) is 0 Å². The van der Waals surface area contributed by atoms with Crippen LogP contribution in [-0.4, -0.2) is 64.0 Å². The van der Waals surface area contributed by atoms with Gasteiger partial charge < -0.3 is 19.9 Å². The zero-order valence-electron chi connectivity index (χ0n) is 17.5. The molecule has 1 aliphatic rings. The van der Waals surface area contributed by atoms with Crippen LogP contribution in [0.4, 0.5) is 0 Å². The summed E-state index contributed by atoms with van der Waals surface area (Å²) in [5, 5.41) is 4.51. The number of aromatic nitrogens is 3. The predicted molar refractivity (Wildman–Crippen MR) is 122 cm³/mol. The van der Waals surface area contributed by atoms with Gasteiger partial charge in [-0.2, -0.15) is 0 Å². The van der Waals surface area contributed by atoms with Gasteiger partial charge in [-0.15, -0.1) is 0 Å². The van der Waals surface area contributed by atoms with Gasteiger partial charge in [-0.25, -0.2) is 4.98 Å². The summed E-state index contributed by atoms with van der Waals surface area (Å²) in [6.07, 6.45) is 6.55. The Morgan fingerprint density at radius 2 is 2.06 bits per heavy atom. The molecule has 1 saturated heterocycles. The highest BCUT2D eigenvalue weighted by molar-refractivity contribution is 6.31. The first-order valence-corrected chi connectivity index (χ1v) is 11.1. The number of nitrogens with zero attached hydrogens (tertiary/aromatic N) is 3. The third-order valence-electron chi connectivity index (χ3n) is 5.65. The number of hydrogen-bond acceptors (Lipinski definition) is 5. The van der Waals surface area contributed by atoms with E-state index in [9.17, 15) is 9.59 Å².